The minimum Gasteiger partial charge on any atom is -0.466 e. The van der Waals surface area contributed by atoms with Crippen molar-refractivity contribution in [3.63, 3.8) is 0 Å². The Morgan fingerprint density at radius 2 is 1.87 bits per heavy atom. The minimum absolute atomic E-state index is 0.00545. The van der Waals surface area contributed by atoms with Gasteiger partial charge in [0, 0.05) is 23.0 Å². The van der Waals surface area contributed by atoms with Crippen molar-refractivity contribution in [3.05, 3.63) is 65.2 Å². The number of nitrogens with one attached hydrogen (secondary N) is 1. The number of esters is 1. The number of aliphatic hydroxyl groups is 1. The minimum atomic E-state index is -5.24. The Balaban J connectivity index is 2.02. The lowest BCUT2D eigenvalue weighted by atomic mass is 9.75. The first kappa shape index (κ1) is 22.4. The zero-order valence-electron chi connectivity index (χ0n) is 16.0. The number of rotatable bonds is 5. The number of halogens is 4. The summed E-state index contributed by atoms with van der Waals surface area (Å²) in [7, 11) is 0. The first-order valence-corrected chi connectivity index (χ1v) is 9.74. The van der Waals surface area contributed by atoms with Crippen molar-refractivity contribution in [1.82, 2.24) is 0 Å². The van der Waals surface area contributed by atoms with E-state index >= 15 is 0 Å². The fourth-order valence-electron chi connectivity index (χ4n) is 3.63. The zero-order chi connectivity index (χ0) is 21.9. The van der Waals surface area contributed by atoms with Gasteiger partial charge in [-0.2, -0.15) is 13.2 Å². The van der Waals surface area contributed by atoms with E-state index < -0.39 is 36.0 Å². The molecule has 1 aliphatic heterocycles. The molecule has 1 heterocycles. The second-order valence-electron chi connectivity index (χ2n) is 6.93. The van der Waals surface area contributed by atoms with E-state index in [1.807, 2.05) is 0 Å². The average Bonchev–Trinajstić information content (AvgIpc) is 2.69. The fourth-order valence-corrected chi connectivity index (χ4v) is 3.75. The molecule has 1 saturated heterocycles. The lowest BCUT2D eigenvalue weighted by molar-refractivity contribution is -0.405. The summed E-state index contributed by atoms with van der Waals surface area (Å²) in [5, 5.41) is 14.0. The first-order valence-electron chi connectivity index (χ1n) is 9.36. The van der Waals surface area contributed by atoms with Gasteiger partial charge in [0.2, 0.25) is 0 Å². The Hall–Kier alpha value is -2.29. The smallest absolute Gasteiger partial charge is 0.444 e. The molecule has 2 aromatic rings. The Labute approximate surface area is 176 Å². The third kappa shape index (κ3) is 4.55. The molecule has 2 aromatic carbocycles. The van der Waals surface area contributed by atoms with Crippen LogP contribution in [0.15, 0.2) is 54.6 Å². The number of ether oxygens (including phenoxy) is 2. The number of alkyl halides is 3. The maximum absolute atomic E-state index is 14.0. The maximum Gasteiger partial charge on any atom is 0.444 e. The van der Waals surface area contributed by atoms with Crippen LogP contribution >= 0.6 is 11.6 Å². The van der Waals surface area contributed by atoms with Gasteiger partial charge in [-0.05, 0) is 36.8 Å². The normalized spacial score (nSPS) is 26.8. The molecule has 0 aromatic heterocycles. The fraction of sp³-hybridized carbons (Fsp3) is 0.381. The van der Waals surface area contributed by atoms with Crippen molar-refractivity contribution in [2.45, 2.75) is 37.5 Å². The van der Waals surface area contributed by atoms with Crippen LogP contribution in [0.4, 0.5) is 18.9 Å². The first-order chi connectivity index (χ1) is 14.2. The van der Waals surface area contributed by atoms with Gasteiger partial charge in [-0.25, -0.2) is 0 Å². The van der Waals surface area contributed by atoms with Gasteiger partial charge in [0.05, 0.1) is 6.61 Å². The summed E-state index contributed by atoms with van der Waals surface area (Å²) in [4.78, 5) is 12.5. The van der Waals surface area contributed by atoms with E-state index in [1.54, 1.807) is 54.6 Å². The van der Waals surface area contributed by atoms with Gasteiger partial charge in [0.15, 0.2) is 0 Å². The highest BCUT2D eigenvalue weighted by atomic mass is 35.5. The van der Waals surface area contributed by atoms with Crippen molar-refractivity contribution < 1.29 is 32.5 Å². The largest absolute Gasteiger partial charge is 0.466 e. The Kier molecular flexibility index (Phi) is 6.59. The quantitative estimate of drug-likeness (QED) is 0.655. The van der Waals surface area contributed by atoms with Gasteiger partial charge < -0.3 is 19.9 Å². The molecular formula is C21H21ClF3NO4. The SMILES string of the molecule is CCOC(=O)C1C(c2ccccc2)CC(Nc2ccc(Cl)cc2)OC1(O)C(F)(F)F. The predicted molar refractivity (Wildman–Crippen MR) is 105 cm³/mol. The van der Waals surface area contributed by atoms with Gasteiger partial charge in [-0.1, -0.05) is 41.9 Å². The highest BCUT2D eigenvalue weighted by Gasteiger charge is 2.68. The van der Waals surface area contributed by atoms with Crippen molar-refractivity contribution in [3.8, 4) is 0 Å². The van der Waals surface area contributed by atoms with Crippen LogP contribution in [0.3, 0.4) is 0 Å². The number of benzene rings is 2. The van der Waals surface area contributed by atoms with Crippen LogP contribution in [-0.4, -0.2) is 35.9 Å². The summed E-state index contributed by atoms with van der Waals surface area (Å²) in [5.74, 6) is -7.89. The van der Waals surface area contributed by atoms with Crippen LogP contribution in [0, 0.1) is 5.92 Å². The van der Waals surface area contributed by atoms with E-state index in [0.29, 0.717) is 16.3 Å². The van der Waals surface area contributed by atoms with Crippen molar-refractivity contribution in [2.75, 3.05) is 11.9 Å². The number of anilines is 1. The van der Waals surface area contributed by atoms with Crippen LogP contribution in [0.5, 0.6) is 0 Å². The number of hydrogen-bond donors (Lipinski definition) is 2. The van der Waals surface area contributed by atoms with Crippen LogP contribution in [0.2, 0.25) is 5.02 Å². The van der Waals surface area contributed by atoms with Crippen LogP contribution in [0.1, 0.15) is 24.8 Å². The van der Waals surface area contributed by atoms with E-state index in [4.69, 9.17) is 21.1 Å². The number of carbonyl (C=O) groups excluding carboxylic acids is 1. The second-order valence-corrected chi connectivity index (χ2v) is 7.37. The van der Waals surface area contributed by atoms with Crippen LogP contribution in [-0.2, 0) is 14.3 Å². The molecular weight excluding hydrogens is 423 g/mol. The van der Waals surface area contributed by atoms with Crippen LogP contribution in [0.25, 0.3) is 0 Å². The molecule has 0 bridgehead atoms. The van der Waals surface area contributed by atoms with E-state index in [9.17, 15) is 23.1 Å². The summed E-state index contributed by atoms with van der Waals surface area (Å²) < 4.78 is 52.0. The molecule has 0 saturated carbocycles. The van der Waals surface area contributed by atoms with E-state index in [-0.39, 0.29) is 13.0 Å². The lowest BCUT2D eigenvalue weighted by Gasteiger charge is -2.46. The third-order valence-electron chi connectivity index (χ3n) is 4.96. The summed E-state index contributed by atoms with van der Waals surface area (Å²) in [6, 6.07) is 14.5. The molecule has 4 unspecified atom stereocenters. The van der Waals surface area contributed by atoms with Gasteiger partial charge in [-0.15, -0.1) is 0 Å². The Morgan fingerprint density at radius 1 is 1.23 bits per heavy atom. The molecule has 4 atom stereocenters. The number of hydrogen-bond acceptors (Lipinski definition) is 5. The number of carbonyl (C=O) groups is 1. The Bertz CT molecular complexity index is 863. The molecule has 0 amide bonds. The summed E-state index contributed by atoms with van der Waals surface area (Å²) in [5.41, 5.74) is 0.916. The molecule has 5 nitrogen and oxygen atoms in total. The van der Waals surface area contributed by atoms with Crippen molar-refractivity contribution >= 4 is 23.3 Å². The molecule has 0 spiro atoms. The highest BCUT2D eigenvalue weighted by Crippen LogP contribution is 2.50. The molecule has 3 rings (SSSR count). The molecule has 30 heavy (non-hydrogen) atoms. The summed E-state index contributed by atoms with van der Waals surface area (Å²) in [6.45, 7) is 1.36. The van der Waals surface area contributed by atoms with E-state index in [2.05, 4.69) is 5.32 Å². The summed E-state index contributed by atoms with van der Waals surface area (Å²) in [6.07, 6.45) is -6.47. The highest BCUT2D eigenvalue weighted by molar-refractivity contribution is 6.30. The van der Waals surface area contributed by atoms with Crippen LogP contribution < -0.4 is 5.32 Å². The van der Waals surface area contributed by atoms with Crippen molar-refractivity contribution in [1.29, 1.82) is 0 Å². The molecule has 162 valence electrons. The molecule has 9 heteroatoms. The van der Waals surface area contributed by atoms with E-state index in [1.165, 1.54) is 6.92 Å². The molecule has 2 N–H and O–H groups in total. The molecule has 0 aliphatic carbocycles. The van der Waals surface area contributed by atoms with Gasteiger partial charge in [-0.3, -0.25) is 4.79 Å². The Morgan fingerprint density at radius 3 is 2.43 bits per heavy atom. The van der Waals surface area contributed by atoms with Gasteiger partial charge >= 0.3 is 12.1 Å². The maximum atomic E-state index is 14.0. The summed E-state index contributed by atoms with van der Waals surface area (Å²) >= 11 is 5.85. The standard InChI is InChI=1S/C21H21ClF3NO4/c1-2-29-19(27)18-16(13-6-4-3-5-7-13)12-17(30-20(18,28)21(23,24)25)26-15-10-8-14(22)9-11-15/h3-11,16-18,26,28H,2,12H2,1H3. The monoisotopic (exact) mass is 443 g/mol. The molecule has 1 fully saturated rings. The zero-order valence-corrected chi connectivity index (χ0v) is 16.8. The predicted octanol–water partition coefficient (Wildman–Crippen LogP) is 4.71. The third-order valence-corrected chi connectivity index (χ3v) is 5.21. The second kappa shape index (κ2) is 8.83. The van der Waals surface area contributed by atoms with Gasteiger partial charge in [0.25, 0.3) is 5.79 Å². The average molecular weight is 444 g/mol. The molecule has 1 aliphatic rings. The lowest BCUT2D eigenvalue weighted by Crippen LogP contribution is -2.63. The molecule has 0 radical (unpaired) electrons. The van der Waals surface area contributed by atoms with Crippen molar-refractivity contribution in [2.24, 2.45) is 5.92 Å². The van der Waals surface area contributed by atoms with E-state index in [0.717, 1.165) is 0 Å². The van der Waals surface area contributed by atoms with Gasteiger partial charge in [0.1, 0.15) is 12.1 Å². The topological polar surface area (TPSA) is 67.8 Å².